The molecular weight excluding hydrogens is 809 g/mol. The lowest BCUT2D eigenvalue weighted by Crippen LogP contribution is -2.23. The Morgan fingerprint density at radius 1 is 0.394 bits per heavy atom. The van der Waals surface area contributed by atoms with Crippen LogP contribution in [0, 0.1) is 23.7 Å². The Morgan fingerprint density at radius 3 is 1.02 bits per heavy atom. The number of hydrogen-bond donors (Lipinski definition) is 0. The zero-order chi connectivity index (χ0) is 46.0. The van der Waals surface area contributed by atoms with Gasteiger partial charge in [0.05, 0.1) is 11.1 Å². The molecule has 0 radical (unpaired) electrons. The molecule has 66 heavy (non-hydrogen) atoms. The molecule has 2 fully saturated rings. The zero-order valence-corrected chi connectivity index (χ0v) is 41.3. The van der Waals surface area contributed by atoms with Crippen molar-refractivity contribution in [3.63, 3.8) is 0 Å². The van der Waals surface area contributed by atoms with Crippen molar-refractivity contribution in [2.75, 3.05) is 0 Å². The highest BCUT2D eigenvalue weighted by Gasteiger charge is 2.33. The molecule has 2 saturated carbocycles. The zero-order valence-electron chi connectivity index (χ0n) is 41.3. The lowest BCUT2D eigenvalue weighted by atomic mass is 9.78. The summed E-state index contributed by atoms with van der Waals surface area (Å²) in [5, 5.41) is 0. The summed E-state index contributed by atoms with van der Waals surface area (Å²) in [5.74, 6) is 2.86. The van der Waals surface area contributed by atoms with Crippen molar-refractivity contribution < 1.29 is 19.1 Å². The fourth-order valence-electron chi connectivity index (χ4n) is 11.1. The predicted molar refractivity (Wildman–Crippen MR) is 275 cm³/mol. The summed E-state index contributed by atoms with van der Waals surface area (Å²) in [6.45, 7) is 4.59. The SMILES string of the molecule is CCCCCCCC1CCC(CCCCc2ccc(C(=O)OC(c3ccccc3)C(OC(=O)c3ccc(CCCCC4CCC(CCCCCCC)CC4)cc3)c3ccccc3)cc2)CC1. The molecule has 4 heteroatoms. The summed E-state index contributed by atoms with van der Waals surface area (Å²) in [4.78, 5) is 27.9. The number of carbonyl (C=O) groups is 2. The van der Waals surface area contributed by atoms with Crippen molar-refractivity contribution in [3.8, 4) is 0 Å². The fourth-order valence-corrected chi connectivity index (χ4v) is 11.1. The van der Waals surface area contributed by atoms with Crippen LogP contribution in [0.2, 0.25) is 0 Å². The Kier molecular flexibility index (Phi) is 22.9. The number of hydrogen-bond acceptors (Lipinski definition) is 4. The van der Waals surface area contributed by atoms with Gasteiger partial charge in [-0.2, -0.15) is 0 Å². The van der Waals surface area contributed by atoms with Gasteiger partial charge in [-0.1, -0.05) is 253 Å². The third-order valence-electron chi connectivity index (χ3n) is 15.4. The van der Waals surface area contributed by atoms with Gasteiger partial charge in [-0.3, -0.25) is 0 Å². The molecule has 0 spiro atoms. The molecule has 2 aliphatic carbocycles. The second-order valence-corrected chi connectivity index (χ2v) is 20.5. The Morgan fingerprint density at radius 2 is 0.697 bits per heavy atom. The van der Waals surface area contributed by atoms with E-state index in [9.17, 15) is 9.59 Å². The average Bonchev–Trinajstić information content (AvgIpc) is 3.36. The Hall–Kier alpha value is -4.18. The van der Waals surface area contributed by atoms with E-state index in [1.165, 1.54) is 178 Å². The van der Waals surface area contributed by atoms with Crippen LogP contribution in [0.4, 0.5) is 0 Å². The summed E-state index contributed by atoms with van der Waals surface area (Å²) >= 11 is 0. The van der Waals surface area contributed by atoms with Crippen LogP contribution < -0.4 is 0 Å². The topological polar surface area (TPSA) is 52.6 Å². The number of esters is 2. The normalized spacial score (nSPS) is 19.5. The van der Waals surface area contributed by atoms with Gasteiger partial charge in [-0.15, -0.1) is 0 Å². The molecular formula is C62H86O4. The number of aryl methyl sites for hydroxylation is 2. The maximum absolute atomic E-state index is 13.9. The Labute approximate surface area is 401 Å². The first-order valence-corrected chi connectivity index (χ1v) is 27.2. The smallest absolute Gasteiger partial charge is 0.338 e. The lowest BCUT2D eigenvalue weighted by Gasteiger charge is -2.28. The average molecular weight is 895 g/mol. The lowest BCUT2D eigenvalue weighted by molar-refractivity contribution is -0.0388. The van der Waals surface area contributed by atoms with Crippen LogP contribution >= 0.6 is 0 Å². The number of benzene rings is 4. The second kappa shape index (κ2) is 29.6. The van der Waals surface area contributed by atoms with Crippen LogP contribution in [0.15, 0.2) is 109 Å². The largest absolute Gasteiger partial charge is 0.450 e. The molecule has 6 rings (SSSR count). The summed E-state index contributed by atoms with van der Waals surface area (Å²) in [6, 6.07) is 35.1. The van der Waals surface area contributed by atoms with Crippen LogP contribution in [-0.2, 0) is 22.3 Å². The molecule has 358 valence electrons. The monoisotopic (exact) mass is 895 g/mol. The molecule has 4 aromatic rings. The van der Waals surface area contributed by atoms with Crippen LogP contribution in [0.5, 0.6) is 0 Å². The van der Waals surface area contributed by atoms with E-state index in [0.717, 1.165) is 47.6 Å². The van der Waals surface area contributed by atoms with E-state index in [-0.39, 0.29) is 0 Å². The van der Waals surface area contributed by atoms with Crippen molar-refractivity contribution in [3.05, 3.63) is 143 Å². The molecule has 0 saturated heterocycles. The van der Waals surface area contributed by atoms with E-state index < -0.39 is 24.1 Å². The number of unbranched alkanes of at least 4 members (excludes halogenated alkanes) is 10. The van der Waals surface area contributed by atoms with Crippen LogP contribution in [-0.4, -0.2) is 11.9 Å². The summed E-state index contributed by atoms with van der Waals surface area (Å²) < 4.78 is 12.7. The van der Waals surface area contributed by atoms with E-state index in [2.05, 4.69) is 38.1 Å². The van der Waals surface area contributed by atoms with Gasteiger partial charge >= 0.3 is 11.9 Å². The molecule has 4 nitrogen and oxygen atoms in total. The molecule has 2 atom stereocenters. The third kappa shape index (κ3) is 17.8. The first-order chi connectivity index (χ1) is 32.5. The summed E-state index contributed by atoms with van der Waals surface area (Å²) in [7, 11) is 0. The number of rotatable bonds is 29. The highest BCUT2D eigenvalue weighted by Crippen LogP contribution is 2.38. The number of carbonyl (C=O) groups excluding carboxylic acids is 2. The van der Waals surface area contributed by atoms with E-state index in [0.29, 0.717) is 11.1 Å². The Balaban J connectivity index is 0.966. The minimum atomic E-state index is -0.851. The van der Waals surface area contributed by atoms with Gasteiger partial charge < -0.3 is 9.47 Å². The molecule has 2 aliphatic rings. The quantitative estimate of drug-likeness (QED) is 0.0402. The molecule has 0 heterocycles. The van der Waals surface area contributed by atoms with Crippen LogP contribution in [0.25, 0.3) is 0 Å². The van der Waals surface area contributed by atoms with Crippen LogP contribution in [0.3, 0.4) is 0 Å². The van der Waals surface area contributed by atoms with Crippen LogP contribution in [0.1, 0.15) is 236 Å². The highest BCUT2D eigenvalue weighted by molar-refractivity contribution is 5.90. The maximum atomic E-state index is 13.9. The fraction of sp³-hybridized carbons (Fsp3) is 0.581. The first-order valence-electron chi connectivity index (χ1n) is 27.2. The molecule has 4 aromatic carbocycles. The van der Waals surface area contributed by atoms with E-state index in [4.69, 9.17) is 9.47 Å². The molecule has 0 aromatic heterocycles. The van der Waals surface area contributed by atoms with Crippen molar-refractivity contribution in [1.29, 1.82) is 0 Å². The van der Waals surface area contributed by atoms with Crippen molar-refractivity contribution in [2.24, 2.45) is 23.7 Å². The standard InChI is InChI=1S/C62H86O4/c1-3-5-7-9-13-23-49-33-37-51(38-34-49)25-19-21-27-53-41-45-57(46-42-53)61(63)65-59(55-29-15-11-16-30-55)60(56-31-17-12-18-32-56)66-62(64)58-47-43-54(44-48-58)28-22-20-26-52-39-35-50(36-40-52)24-14-10-8-6-4-2/h11-12,15-18,29-32,41-52,59-60H,3-10,13-14,19-28,33-40H2,1-2H3. The molecule has 0 bridgehead atoms. The van der Waals surface area contributed by atoms with Gasteiger partial charge in [-0.25, -0.2) is 9.59 Å². The van der Waals surface area contributed by atoms with E-state index in [1.807, 2.05) is 84.9 Å². The highest BCUT2D eigenvalue weighted by atomic mass is 16.6. The van der Waals surface area contributed by atoms with Gasteiger partial charge in [0.2, 0.25) is 0 Å². The first kappa shape index (κ1) is 51.2. The number of ether oxygens (including phenoxy) is 2. The van der Waals surface area contributed by atoms with Gasteiger partial charge in [-0.05, 0) is 95.9 Å². The van der Waals surface area contributed by atoms with Crippen molar-refractivity contribution in [2.45, 2.75) is 206 Å². The third-order valence-corrected chi connectivity index (χ3v) is 15.4. The van der Waals surface area contributed by atoms with E-state index >= 15 is 0 Å². The second-order valence-electron chi connectivity index (χ2n) is 20.5. The van der Waals surface area contributed by atoms with E-state index in [1.54, 1.807) is 0 Å². The van der Waals surface area contributed by atoms with Crippen molar-refractivity contribution in [1.82, 2.24) is 0 Å². The predicted octanol–water partition coefficient (Wildman–Crippen LogP) is 17.9. The minimum Gasteiger partial charge on any atom is -0.450 e. The maximum Gasteiger partial charge on any atom is 0.338 e. The summed E-state index contributed by atoms with van der Waals surface area (Å²) in [6.07, 6.45) is 36.1. The minimum absolute atomic E-state index is 0.436. The van der Waals surface area contributed by atoms with Gasteiger partial charge in [0.15, 0.2) is 12.2 Å². The van der Waals surface area contributed by atoms with Gasteiger partial charge in [0.25, 0.3) is 0 Å². The molecule has 2 unspecified atom stereocenters. The van der Waals surface area contributed by atoms with Gasteiger partial charge in [0, 0.05) is 0 Å². The molecule has 0 N–H and O–H groups in total. The molecule has 0 aliphatic heterocycles. The van der Waals surface area contributed by atoms with Gasteiger partial charge in [0.1, 0.15) is 0 Å². The summed E-state index contributed by atoms with van der Waals surface area (Å²) in [5.41, 5.74) is 5.01. The van der Waals surface area contributed by atoms with Crippen molar-refractivity contribution >= 4 is 11.9 Å². The Bertz CT molecular complexity index is 1750. The molecule has 0 amide bonds.